The van der Waals surface area contributed by atoms with E-state index in [9.17, 15) is 9.18 Å². The highest BCUT2D eigenvalue weighted by Gasteiger charge is 2.38. The highest BCUT2D eigenvalue weighted by Crippen LogP contribution is 2.43. The fraction of sp³-hybridized carbons (Fsp3) is 0.231. The fourth-order valence-electron chi connectivity index (χ4n) is 2.12. The molecule has 0 spiro atoms. The minimum atomic E-state index is -0.411. The molecule has 2 N–H and O–H groups in total. The largest absolute Gasteiger partial charge is 0.379 e. The smallest absolute Gasteiger partial charge is 0.285 e. The third-order valence-electron chi connectivity index (χ3n) is 3.23. The van der Waals surface area contributed by atoms with Crippen LogP contribution >= 0.6 is 11.6 Å². The summed E-state index contributed by atoms with van der Waals surface area (Å²) in [7, 11) is 0. The average Bonchev–Trinajstić information content (AvgIpc) is 3.15. The Morgan fingerprint density at radius 3 is 2.84 bits per heavy atom. The van der Waals surface area contributed by atoms with Gasteiger partial charge >= 0.3 is 0 Å². The van der Waals surface area contributed by atoms with Crippen molar-refractivity contribution in [3.63, 3.8) is 0 Å². The van der Waals surface area contributed by atoms with Crippen molar-refractivity contribution in [3.8, 4) is 0 Å². The van der Waals surface area contributed by atoms with Crippen molar-refractivity contribution in [2.45, 2.75) is 18.4 Å². The molecule has 6 heteroatoms. The lowest BCUT2D eigenvalue weighted by Crippen LogP contribution is -2.13. The van der Waals surface area contributed by atoms with E-state index in [1.165, 1.54) is 18.3 Å². The van der Waals surface area contributed by atoms with E-state index in [1.807, 2.05) is 0 Å². The van der Waals surface area contributed by atoms with Gasteiger partial charge in [-0.25, -0.2) is 9.49 Å². The van der Waals surface area contributed by atoms with Gasteiger partial charge in [0, 0.05) is 12.0 Å². The molecule has 0 amide bonds. The average molecular weight is 280 g/mol. The first-order chi connectivity index (χ1) is 9.15. The topological polar surface area (TPSA) is 57.8 Å². The Balaban J connectivity index is 1.72. The molecule has 98 valence electrons. The van der Waals surface area contributed by atoms with Crippen LogP contribution in [-0.4, -0.2) is 16.2 Å². The Kier molecular flexibility index (Phi) is 2.98. The van der Waals surface area contributed by atoms with Crippen LogP contribution in [0.4, 0.5) is 10.1 Å². The van der Waals surface area contributed by atoms with Crippen LogP contribution in [0.2, 0.25) is 5.02 Å². The predicted molar refractivity (Wildman–Crippen MR) is 71.0 cm³/mol. The SMILES string of the molecule is O=c1[nH]ncc(N[C@@H]2C[C@H]2c2ccc(F)cc2)c1Cl. The van der Waals surface area contributed by atoms with E-state index in [0.29, 0.717) is 11.6 Å². The molecule has 1 aliphatic carbocycles. The molecule has 1 heterocycles. The summed E-state index contributed by atoms with van der Waals surface area (Å²) in [4.78, 5) is 11.3. The Morgan fingerprint density at radius 2 is 2.11 bits per heavy atom. The highest BCUT2D eigenvalue weighted by atomic mass is 35.5. The highest BCUT2D eigenvalue weighted by molar-refractivity contribution is 6.32. The van der Waals surface area contributed by atoms with E-state index in [0.717, 1.165) is 12.0 Å². The molecular formula is C13H11ClFN3O. The zero-order valence-corrected chi connectivity index (χ0v) is 10.6. The number of anilines is 1. The molecule has 0 bridgehead atoms. The predicted octanol–water partition coefficient (Wildman–Crippen LogP) is 2.53. The van der Waals surface area contributed by atoms with Crippen LogP contribution in [0.1, 0.15) is 17.9 Å². The molecule has 0 saturated heterocycles. The van der Waals surface area contributed by atoms with Crippen LogP contribution in [0.3, 0.4) is 0 Å². The second-order valence-corrected chi connectivity index (χ2v) is 4.95. The van der Waals surface area contributed by atoms with Crippen molar-refractivity contribution in [1.82, 2.24) is 10.2 Å². The van der Waals surface area contributed by atoms with Gasteiger partial charge < -0.3 is 5.32 Å². The molecule has 1 aromatic heterocycles. The lowest BCUT2D eigenvalue weighted by Gasteiger charge is -2.06. The number of aromatic amines is 1. The van der Waals surface area contributed by atoms with E-state index in [2.05, 4.69) is 15.5 Å². The first-order valence-electron chi connectivity index (χ1n) is 5.90. The summed E-state index contributed by atoms with van der Waals surface area (Å²) in [5.41, 5.74) is 1.19. The van der Waals surface area contributed by atoms with Gasteiger partial charge in [0.2, 0.25) is 0 Å². The molecule has 3 rings (SSSR count). The van der Waals surface area contributed by atoms with Gasteiger partial charge in [-0.05, 0) is 24.1 Å². The number of nitrogens with zero attached hydrogens (tertiary/aromatic N) is 1. The van der Waals surface area contributed by atoms with Crippen LogP contribution in [0.25, 0.3) is 0 Å². The van der Waals surface area contributed by atoms with Crippen molar-refractivity contribution in [1.29, 1.82) is 0 Å². The molecule has 19 heavy (non-hydrogen) atoms. The molecule has 1 aliphatic rings. The second-order valence-electron chi connectivity index (χ2n) is 4.57. The Hall–Kier alpha value is -1.88. The summed E-state index contributed by atoms with van der Waals surface area (Å²) in [6.07, 6.45) is 2.42. The number of hydrogen-bond acceptors (Lipinski definition) is 3. The number of rotatable bonds is 3. The summed E-state index contributed by atoms with van der Waals surface area (Å²) in [5.74, 6) is 0.0756. The molecule has 0 radical (unpaired) electrons. The minimum Gasteiger partial charge on any atom is -0.379 e. The van der Waals surface area contributed by atoms with Gasteiger partial charge in [-0.3, -0.25) is 4.79 Å². The molecule has 1 saturated carbocycles. The van der Waals surface area contributed by atoms with Gasteiger partial charge in [-0.2, -0.15) is 5.10 Å². The Bertz CT molecular complexity index is 656. The van der Waals surface area contributed by atoms with Crippen molar-refractivity contribution >= 4 is 17.3 Å². The number of H-pyrrole nitrogens is 1. The third-order valence-corrected chi connectivity index (χ3v) is 3.60. The summed E-state index contributed by atoms with van der Waals surface area (Å²) < 4.78 is 12.8. The molecule has 2 aromatic rings. The molecule has 1 aromatic carbocycles. The molecule has 1 fully saturated rings. The lowest BCUT2D eigenvalue weighted by molar-refractivity contribution is 0.627. The van der Waals surface area contributed by atoms with Gasteiger partial charge in [0.05, 0.1) is 11.9 Å². The van der Waals surface area contributed by atoms with E-state index in [4.69, 9.17) is 11.6 Å². The second kappa shape index (κ2) is 4.66. The van der Waals surface area contributed by atoms with E-state index in [-0.39, 0.29) is 16.9 Å². The van der Waals surface area contributed by atoms with Gasteiger partial charge in [0.1, 0.15) is 10.8 Å². The van der Waals surface area contributed by atoms with E-state index >= 15 is 0 Å². The van der Waals surface area contributed by atoms with Crippen LogP contribution in [0.5, 0.6) is 0 Å². The monoisotopic (exact) mass is 279 g/mol. The Labute approximate surface area is 113 Å². The maximum absolute atomic E-state index is 12.8. The quantitative estimate of drug-likeness (QED) is 0.908. The van der Waals surface area contributed by atoms with Gasteiger partial charge in [-0.15, -0.1) is 0 Å². The maximum Gasteiger partial charge on any atom is 0.285 e. The normalized spacial score (nSPS) is 21.2. The van der Waals surface area contributed by atoms with Gasteiger partial charge in [-0.1, -0.05) is 23.7 Å². The molecule has 0 aliphatic heterocycles. The molecule has 4 nitrogen and oxygen atoms in total. The first kappa shape index (κ1) is 12.2. The Morgan fingerprint density at radius 1 is 1.37 bits per heavy atom. The zero-order chi connectivity index (χ0) is 13.4. The number of hydrogen-bond donors (Lipinski definition) is 2. The third kappa shape index (κ3) is 2.46. The van der Waals surface area contributed by atoms with Gasteiger partial charge in [0.15, 0.2) is 0 Å². The van der Waals surface area contributed by atoms with Crippen LogP contribution in [0, 0.1) is 5.82 Å². The minimum absolute atomic E-state index is 0.111. The van der Waals surface area contributed by atoms with Crippen molar-refractivity contribution in [2.75, 3.05) is 5.32 Å². The van der Waals surface area contributed by atoms with E-state index < -0.39 is 5.56 Å². The summed E-state index contributed by atoms with van der Waals surface area (Å²) in [6.45, 7) is 0. The number of nitrogens with one attached hydrogen (secondary N) is 2. The fourth-order valence-corrected chi connectivity index (χ4v) is 2.26. The number of halogens is 2. The number of benzene rings is 1. The lowest BCUT2D eigenvalue weighted by atomic mass is 10.1. The first-order valence-corrected chi connectivity index (χ1v) is 6.28. The molecule has 0 unspecified atom stereocenters. The standard InChI is InChI=1S/C13H11ClFN3O/c14-12-11(6-16-18-13(12)19)17-10-5-9(10)7-1-3-8(15)4-2-7/h1-4,6,9-10H,5H2,(H2,17,18,19)/t9-,10+/m0/s1. The molecular weight excluding hydrogens is 269 g/mol. The molecule has 2 atom stereocenters. The van der Waals surface area contributed by atoms with Crippen LogP contribution in [0.15, 0.2) is 35.3 Å². The van der Waals surface area contributed by atoms with Crippen molar-refractivity contribution in [3.05, 3.63) is 57.2 Å². The van der Waals surface area contributed by atoms with Crippen molar-refractivity contribution < 1.29 is 4.39 Å². The summed E-state index contributed by atoms with van der Waals surface area (Å²) in [5, 5.41) is 9.26. The number of aromatic nitrogens is 2. The van der Waals surface area contributed by atoms with Crippen LogP contribution < -0.4 is 10.9 Å². The maximum atomic E-state index is 12.8. The summed E-state index contributed by atoms with van der Waals surface area (Å²) in [6, 6.07) is 6.66. The van der Waals surface area contributed by atoms with E-state index in [1.54, 1.807) is 12.1 Å². The van der Waals surface area contributed by atoms with Gasteiger partial charge in [0.25, 0.3) is 5.56 Å². The van der Waals surface area contributed by atoms with Crippen molar-refractivity contribution in [2.24, 2.45) is 0 Å². The van der Waals surface area contributed by atoms with Crippen LogP contribution in [-0.2, 0) is 0 Å². The zero-order valence-electron chi connectivity index (χ0n) is 9.86. The summed E-state index contributed by atoms with van der Waals surface area (Å²) >= 11 is 5.88.